The maximum absolute atomic E-state index is 13.9. The van der Waals surface area contributed by atoms with Crippen LogP contribution in [0.3, 0.4) is 0 Å². The number of alkyl carbamates (subject to hydrolysis) is 3. The zero-order chi connectivity index (χ0) is 70.9. The number of benzene rings is 4. The summed E-state index contributed by atoms with van der Waals surface area (Å²) in [6.07, 6.45) is -1.38. The molecule has 30 heteroatoms. The lowest BCUT2D eigenvalue weighted by atomic mass is 10.0. The Labute approximate surface area is 594 Å². The third kappa shape index (κ3) is 23.5. The summed E-state index contributed by atoms with van der Waals surface area (Å²) in [4.78, 5) is 38.3. The number of amides is 3. The molecule has 564 valence electrons. The third-order valence-corrected chi connectivity index (χ3v) is 20.7. The van der Waals surface area contributed by atoms with Gasteiger partial charge >= 0.3 is 18.3 Å². The summed E-state index contributed by atoms with van der Waals surface area (Å²) in [7, 11) is -8.14. The molecule has 10 rings (SSSR count). The van der Waals surface area contributed by atoms with Gasteiger partial charge < -0.3 is 93.5 Å². The summed E-state index contributed by atoms with van der Waals surface area (Å²) in [5.74, 6) is 2.66. The van der Waals surface area contributed by atoms with Crippen LogP contribution >= 0.6 is 0 Å². The molecule has 4 aromatic rings. The molecule has 6 heterocycles. The monoisotopic (exact) mass is 1460 g/mol. The Balaban J connectivity index is 0.000000280. The Hall–Kier alpha value is -6.97. The van der Waals surface area contributed by atoms with Crippen LogP contribution in [0.15, 0.2) is 94.7 Å². The van der Waals surface area contributed by atoms with Crippen molar-refractivity contribution in [2.24, 2.45) is 29.4 Å². The fourth-order valence-corrected chi connectivity index (χ4v) is 15.3. The number of carbonyl (C=O) groups excluding carboxylic acids is 3. The number of hydrogen-bond donors (Lipinski definition) is 6. The normalized spacial score (nSPS) is 20.7. The van der Waals surface area contributed by atoms with E-state index < -0.39 is 86.7 Å². The molecule has 6 aliphatic rings. The predicted octanol–water partition coefficient (Wildman–Crippen LogP) is 8.12. The molecule has 0 spiro atoms. The predicted molar refractivity (Wildman–Crippen MR) is 373 cm³/mol. The van der Waals surface area contributed by atoms with Gasteiger partial charge in [-0.25, -0.2) is 31.2 Å². The Kier molecular flexibility index (Phi) is 30.6. The number of unbranched alkanes of at least 4 members (excludes halogenated alkanes) is 2. The van der Waals surface area contributed by atoms with E-state index in [0.29, 0.717) is 93.3 Å². The minimum atomic E-state index is -4.09. The second-order valence-corrected chi connectivity index (χ2v) is 30.9. The molecular weight excluding hydrogens is 1350 g/mol. The lowest BCUT2D eigenvalue weighted by Crippen LogP contribution is -2.51. The highest BCUT2D eigenvalue weighted by Crippen LogP contribution is 2.38. The van der Waals surface area contributed by atoms with Crippen molar-refractivity contribution < 1.29 is 103 Å². The average molecular weight is 1460 g/mol. The molecule has 3 amide bonds. The van der Waals surface area contributed by atoms with E-state index >= 15 is 0 Å². The largest absolute Gasteiger partial charge is 0.494 e. The molecule has 4 saturated heterocycles. The molecular formula is C71H106N6O22S2. The summed E-state index contributed by atoms with van der Waals surface area (Å²) in [6.45, 7) is 16.2. The van der Waals surface area contributed by atoms with Crippen LogP contribution in [0.1, 0.15) is 113 Å². The Morgan fingerprint density at radius 2 is 0.980 bits per heavy atom. The van der Waals surface area contributed by atoms with Crippen LogP contribution in [-0.2, 0) is 66.0 Å². The molecule has 0 bridgehead atoms. The van der Waals surface area contributed by atoms with Crippen molar-refractivity contribution in [3.05, 3.63) is 96.1 Å². The van der Waals surface area contributed by atoms with E-state index in [1.807, 2.05) is 84.9 Å². The highest BCUT2D eigenvalue weighted by molar-refractivity contribution is 7.89. The number of carbonyl (C=O) groups is 3. The number of rotatable bonds is 33. The van der Waals surface area contributed by atoms with Crippen LogP contribution in [0.5, 0.6) is 34.5 Å². The van der Waals surface area contributed by atoms with Crippen molar-refractivity contribution in [3.8, 4) is 34.5 Å². The van der Waals surface area contributed by atoms with Gasteiger partial charge in [-0.2, -0.15) is 8.61 Å². The highest BCUT2D eigenvalue weighted by atomic mass is 32.2. The van der Waals surface area contributed by atoms with Crippen LogP contribution in [0.4, 0.5) is 14.4 Å². The number of sulfonamides is 2. The average Bonchev–Trinajstić information content (AvgIpc) is 1.48. The smallest absolute Gasteiger partial charge is 0.407 e. The van der Waals surface area contributed by atoms with E-state index in [2.05, 4.69) is 16.0 Å². The van der Waals surface area contributed by atoms with Crippen molar-refractivity contribution in [1.82, 2.24) is 24.6 Å². The minimum Gasteiger partial charge on any atom is -0.494 e. The number of ether oxygens (including phenoxy) is 13. The lowest BCUT2D eigenvalue weighted by Gasteiger charge is -2.31. The molecule has 7 N–H and O–H groups in total. The van der Waals surface area contributed by atoms with Gasteiger partial charge in [0.2, 0.25) is 33.6 Å². The van der Waals surface area contributed by atoms with Crippen molar-refractivity contribution in [3.63, 3.8) is 0 Å². The van der Waals surface area contributed by atoms with Crippen molar-refractivity contribution >= 4 is 38.3 Å². The first-order valence-electron chi connectivity index (χ1n) is 34.0. The minimum absolute atomic E-state index is 0. The van der Waals surface area contributed by atoms with Crippen LogP contribution in [0.2, 0.25) is 0 Å². The number of nitrogens with zero attached hydrogens (tertiary/aromatic N) is 2. The molecule has 0 unspecified atom stereocenters. The number of aliphatic hydroxyl groups is 2. The van der Waals surface area contributed by atoms with Gasteiger partial charge in [-0.3, -0.25) is 0 Å². The van der Waals surface area contributed by atoms with Gasteiger partial charge in [0, 0.05) is 44.9 Å². The fourth-order valence-electron chi connectivity index (χ4n) is 12.0. The summed E-state index contributed by atoms with van der Waals surface area (Å²) >= 11 is 0. The Bertz CT molecular complexity index is 3490. The molecule has 4 fully saturated rings. The first kappa shape index (κ1) is 81.3. The molecule has 6 aliphatic heterocycles. The second kappa shape index (κ2) is 38.0. The Morgan fingerprint density at radius 3 is 1.39 bits per heavy atom. The topological polar surface area (TPSA) is 349 Å². The molecule has 10 atom stereocenters. The number of fused-ring (bicyclic) bond motifs is 4. The van der Waals surface area contributed by atoms with Crippen molar-refractivity contribution in [2.45, 2.75) is 179 Å². The lowest BCUT2D eigenvalue weighted by molar-refractivity contribution is -0.0909. The zero-order valence-electron chi connectivity index (χ0n) is 57.4. The van der Waals surface area contributed by atoms with Gasteiger partial charge in [0.15, 0.2) is 35.6 Å². The first-order valence-corrected chi connectivity index (χ1v) is 36.9. The number of nitrogens with one attached hydrogen (secondary N) is 3. The van der Waals surface area contributed by atoms with Crippen LogP contribution in [-0.4, -0.2) is 201 Å². The zero-order valence-corrected chi connectivity index (χ0v) is 59.0. The maximum atomic E-state index is 13.9. The van der Waals surface area contributed by atoms with E-state index in [4.69, 9.17) is 67.3 Å². The van der Waals surface area contributed by atoms with Crippen LogP contribution < -0.4 is 50.1 Å². The molecule has 0 aliphatic carbocycles. The highest BCUT2D eigenvalue weighted by Gasteiger charge is 2.46. The fraction of sp³-hybridized carbons (Fsp3) is 0.620. The summed E-state index contributed by atoms with van der Waals surface area (Å²) in [5, 5.41) is 31.6. The van der Waals surface area contributed by atoms with Gasteiger partial charge in [0.25, 0.3) is 0 Å². The molecule has 0 radical (unpaired) electrons. The number of aliphatic hydroxyl groups excluding tert-OH is 2. The summed E-state index contributed by atoms with van der Waals surface area (Å²) < 4.78 is 130. The Morgan fingerprint density at radius 1 is 0.564 bits per heavy atom. The molecule has 101 heavy (non-hydrogen) atoms. The van der Waals surface area contributed by atoms with E-state index in [9.17, 15) is 41.4 Å². The van der Waals surface area contributed by atoms with Crippen molar-refractivity contribution in [1.29, 1.82) is 0 Å². The first-order chi connectivity index (χ1) is 47.3. The third-order valence-electron chi connectivity index (χ3n) is 17.0. The van der Waals surface area contributed by atoms with E-state index in [-0.39, 0.29) is 120 Å². The van der Waals surface area contributed by atoms with Gasteiger partial charge in [-0.1, -0.05) is 66.8 Å². The maximum Gasteiger partial charge on any atom is 0.407 e. The van der Waals surface area contributed by atoms with Crippen LogP contribution in [0.25, 0.3) is 0 Å². The SMILES string of the molecule is C.C.CC(C)CN(C[C@@H](O)[C@H](Cc1ccc(OCCCCN)cc1)NC(=O)O[C@@H]1CO[C@H]2OCC[C@H]21)S(=O)(=O)c1ccc2c(c1)OCO2.CC(C)CN(C[C@@H](O)[C@H](Cc1ccc(OCCCCNC(=O)OC(C)(C)C)cc1)NC(=O)O[C@@H]1CO[C@H]2OCC[C@H]21)S(=O)(=O)c1ccc2c(c1)OCO2. The van der Waals surface area contributed by atoms with Crippen molar-refractivity contribution in [2.75, 3.05) is 92.5 Å². The summed E-state index contributed by atoms with van der Waals surface area (Å²) in [6, 6.07) is 21.6. The molecule has 28 nitrogen and oxygen atoms in total. The van der Waals surface area contributed by atoms with Crippen LogP contribution in [0, 0.1) is 23.7 Å². The summed E-state index contributed by atoms with van der Waals surface area (Å²) in [5.41, 5.74) is 6.58. The molecule has 0 saturated carbocycles. The van der Waals surface area contributed by atoms with Gasteiger partial charge in [0.1, 0.15) is 29.3 Å². The van der Waals surface area contributed by atoms with Gasteiger partial charge in [0.05, 0.1) is 85.6 Å². The standard InChI is InChI=1S/C37H53N3O12S.C32H45N3O10S.2CH4/c1-24(2)20-40(53(44,45)27-12-13-31-32(19-27)50-23-49-31)21-30(41)29(39-36(43)51-33-22-48-34-28(33)14-17-47-34)18-25-8-10-26(11-9-25)46-16-7-6-15-38-35(42)52-37(3,4)5;1-21(2)17-35(46(38,39)24-9-10-28-29(16-24)44-20-43-28)18-27(36)26(15-22-5-7-23(8-6-22)40-13-4-3-12-33)34-32(37)45-30-19-42-31-25(30)11-14-41-31;;/h8-13,19,24,28-30,33-34,41H,6-7,14-18,20-23H2,1-5H3,(H,38,42)(H,39,43);5-10,16,21,25-27,30-31,36H,3-4,11-15,17-20,33H2,1-2H3,(H,34,37);2*1H4/t28-,29-,30+,33+,34+;25-,26-,27+,30+,31+;;/m00../s1. The molecule has 0 aromatic heterocycles. The van der Waals surface area contributed by atoms with E-state index in [1.54, 1.807) is 24.3 Å². The second-order valence-electron chi connectivity index (χ2n) is 27.1. The van der Waals surface area contributed by atoms with E-state index in [1.165, 1.54) is 32.9 Å². The molecule has 4 aromatic carbocycles. The number of nitrogens with two attached hydrogens (primary N) is 1. The quantitative estimate of drug-likeness (QED) is 0.0194. The van der Waals surface area contributed by atoms with E-state index in [0.717, 1.165) is 30.4 Å². The van der Waals surface area contributed by atoms with Gasteiger partial charge in [-0.05, 0) is 150 Å². The number of hydrogen-bond acceptors (Lipinski definition) is 23. The van der Waals surface area contributed by atoms with Gasteiger partial charge in [-0.15, -0.1) is 0 Å².